The molecule has 0 spiro atoms. The molecule has 8 nitrogen and oxygen atoms in total. The van der Waals surface area contributed by atoms with E-state index in [0.717, 1.165) is 26.2 Å². The summed E-state index contributed by atoms with van der Waals surface area (Å²) in [4.78, 5) is 46.0. The number of carbonyl (C=O) groups is 3. The van der Waals surface area contributed by atoms with Crippen LogP contribution in [0.15, 0.2) is 118 Å². The van der Waals surface area contributed by atoms with Gasteiger partial charge in [-0.15, -0.1) is 0 Å². The quantitative estimate of drug-likeness (QED) is 0.178. The maximum Gasteiger partial charge on any atom is 0.280 e. The fourth-order valence-corrected chi connectivity index (χ4v) is 6.13. The van der Waals surface area contributed by atoms with E-state index < -0.39 is 11.8 Å². The summed E-state index contributed by atoms with van der Waals surface area (Å²) in [6.45, 7) is -0.258. The summed E-state index contributed by atoms with van der Waals surface area (Å²) in [5.74, 6) is -0.871. The lowest BCUT2D eigenvalue weighted by Gasteiger charge is -2.37. The van der Waals surface area contributed by atoms with E-state index in [2.05, 4.69) is 5.43 Å². The first-order valence-electron chi connectivity index (χ1n) is 13.0. The van der Waals surface area contributed by atoms with E-state index in [1.165, 1.54) is 11.0 Å². The van der Waals surface area contributed by atoms with Crippen LogP contribution < -0.4 is 20.0 Å². The summed E-state index contributed by atoms with van der Waals surface area (Å²) in [5.41, 5.74) is 5.44. The number of amides is 3. The Hall–Kier alpha value is -4.77. The highest BCUT2D eigenvalue weighted by Crippen LogP contribution is 2.47. The number of ether oxygens (including phenoxy) is 1. The number of nitrogens with zero attached hydrogens (tertiary/aromatic N) is 3. The normalized spacial score (nSPS) is 15.5. The number of hydrogen-bond donors (Lipinski definition) is 1. The first-order chi connectivity index (χ1) is 20.5. The van der Waals surface area contributed by atoms with Crippen molar-refractivity contribution in [3.63, 3.8) is 0 Å². The van der Waals surface area contributed by atoms with Crippen LogP contribution in [-0.4, -0.2) is 41.5 Å². The van der Waals surface area contributed by atoms with E-state index in [1.54, 1.807) is 72.3 Å². The summed E-state index contributed by atoms with van der Waals surface area (Å²) in [5, 5.41) is 1.01. The Labute approximate surface area is 252 Å². The van der Waals surface area contributed by atoms with Crippen LogP contribution in [0.3, 0.4) is 0 Å². The van der Waals surface area contributed by atoms with Gasteiger partial charge in [-0.3, -0.25) is 24.2 Å². The van der Waals surface area contributed by atoms with Gasteiger partial charge in [0, 0.05) is 9.79 Å². The summed E-state index contributed by atoms with van der Waals surface area (Å²) >= 11 is 7.24. The molecular weight excluding hydrogens is 569 g/mol. The van der Waals surface area contributed by atoms with E-state index >= 15 is 0 Å². The Morgan fingerprint density at radius 1 is 0.833 bits per heavy atom. The summed E-state index contributed by atoms with van der Waals surface area (Å²) in [6.07, 6.45) is 1.51. The third kappa shape index (κ3) is 5.07. The molecule has 0 bridgehead atoms. The largest absolute Gasteiger partial charge is 0.497 e. The second kappa shape index (κ2) is 11.6. The molecule has 1 saturated heterocycles. The number of carbonyl (C=O) groups excluding carboxylic acids is 3. The SMILES string of the molecule is COc1ccc(/C=C2\C(=O)N(NCC(=O)N3c4ccccc4Sc4ccccc43)C(=S)N(c3ccccc3)C2=O)cc1. The van der Waals surface area contributed by atoms with Gasteiger partial charge >= 0.3 is 0 Å². The molecular formula is C32H24N4O4S2. The van der Waals surface area contributed by atoms with Crippen LogP contribution in [0, 0.1) is 0 Å². The molecule has 10 heteroatoms. The van der Waals surface area contributed by atoms with Crippen LogP contribution in [0.25, 0.3) is 6.08 Å². The van der Waals surface area contributed by atoms with Crippen LogP contribution in [0.1, 0.15) is 5.56 Å². The van der Waals surface area contributed by atoms with Gasteiger partial charge in [-0.05, 0) is 72.4 Å². The number of hydrazine groups is 1. The van der Waals surface area contributed by atoms with Gasteiger partial charge in [-0.25, -0.2) is 10.4 Å². The molecule has 0 aromatic heterocycles. The standard InChI is InChI=1S/C32H24N4O4S2/c1-40-23-17-15-21(16-18-23)19-24-30(38)34(22-9-3-2-4-10-22)32(41)36(31(24)39)33-20-29(37)35-25-11-5-7-13-27(25)42-28-14-8-6-12-26(28)35/h2-19,33H,20H2,1H3/b24-19-. The maximum atomic E-state index is 13.8. The van der Waals surface area contributed by atoms with Crippen molar-refractivity contribution in [1.82, 2.24) is 10.4 Å². The van der Waals surface area contributed by atoms with Gasteiger partial charge in [0.2, 0.25) is 11.0 Å². The van der Waals surface area contributed by atoms with E-state index in [-0.39, 0.29) is 23.1 Å². The average molecular weight is 593 g/mol. The molecule has 1 N–H and O–H groups in total. The number of anilines is 3. The molecule has 4 aromatic rings. The third-order valence-electron chi connectivity index (χ3n) is 6.76. The van der Waals surface area contributed by atoms with Gasteiger partial charge < -0.3 is 4.74 Å². The lowest BCUT2D eigenvalue weighted by atomic mass is 10.1. The van der Waals surface area contributed by atoms with Crippen LogP contribution in [0.5, 0.6) is 5.75 Å². The third-order valence-corrected chi connectivity index (χ3v) is 8.26. The van der Waals surface area contributed by atoms with Crippen molar-refractivity contribution in [2.24, 2.45) is 0 Å². The summed E-state index contributed by atoms with van der Waals surface area (Å²) in [7, 11) is 1.56. The van der Waals surface area contributed by atoms with Gasteiger partial charge in [-0.2, -0.15) is 0 Å². The molecule has 3 amide bonds. The van der Waals surface area contributed by atoms with E-state index in [0.29, 0.717) is 17.0 Å². The van der Waals surface area contributed by atoms with Crippen molar-refractivity contribution in [2.75, 3.05) is 23.5 Å². The molecule has 1 fully saturated rings. The number of benzene rings is 4. The highest BCUT2D eigenvalue weighted by Gasteiger charge is 2.41. The van der Waals surface area contributed by atoms with Crippen molar-refractivity contribution in [2.45, 2.75) is 9.79 Å². The number of nitrogens with one attached hydrogen (secondary N) is 1. The zero-order valence-corrected chi connectivity index (χ0v) is 24.0. The van der Waals surface area contributed by atoms with Crippen molar-refractivity contribution in [3.8, 4) is 5.75 Å². The Bertz CT molecular complexity index is 1700. The Morgan fingerprint density at radius 2 is 1.43 bits per heavy atom. The number of fused-ring (bicyclic) bond motifs is 2. The van der Waals surface area contributed by atoms with Crippen LogP contribution in [-0.2, 0) is 14.4 Å². The highest BCUT2D eigenvalue weighted by molar-refractivity contribution is 7.99. The lowest BCUT2D eigenvalue weighted by Crippen LogP contribution is -2.62. The first-order valence-corrected chi connectivity index (χ1v) is 14.2. The zero-order chi connectivity index (χ0) is 29.2. The average Bonchev–Trinajstić information content (AvgIpc) is 3.02. The predicted molar refractivity (Wildman–Crippen MR) is 166 cm³/mol. The Balaban J connectivity index is 1.32. The summed E-state index contributed by atoms with van der Waals surface area (Å²) in [6, 6.07) is 31.1. The van der Waals surface area contributed by atoms with E-state index in [1.807, 2.05) is 54.6 Å². The molecule has 0 atom stereocenters. The zero-order valence-electron chi connectivity index (χ0n) is 22.4. The van der Waals surface area contributed by atoms with Crippen molar-refractivity contribution in [1.29, 1.82) is 0 Å². The van der Waals surface area contributed by atoms with Gasteiger partial charge in [0.1, 0.15) is 11.3 Å². The lowest BCUT2D eigenvalue weighted by molar-refractivity contribution is -0.130. The number of thiocarbonyl (C=S) groups is 1. The van der Waals surface area contributed by atoms with Crippen molar-refractivity contribution >= 4 is 70.0 Å². The molecule has 2 aliphatic rings. The van der Waals surface area contributed by atoms with Gasteiger partial charge in [0.05, 0.1) is 30.7 Å². The van der Waals surface area contributed by atoms with Gasteiger partial charge in [0.15, 0.2) is 0 Å². The fourth-order valence-electron chi connectivity index (χ4n) is 4.74. The second-order valence-corrected chi connectivity index (χ2v) is 10.8. The topological polar surface area (TPSA) is 82.2 Å². The molecule has 0 aliphatic carbocycles. The number of methoxy groups -OCH3 is 1. The fraction of sp³-hybridized carbons (Fsp3) is 0.0625. The molecule has 0 saturated carbocycles. The summed E-state index contributed by atoms with van der Waals surface area (Å²) < 4.78 is 5.22. The Morgan fingerprint density at radius 3 is 2.05 bits per heavy atom. The highest BCUT2D eigenvalue weighted by atomic mass is 32.2. The first kappa shape index (κ1) is 27.4. The number of para-hydroxylation sites is 3. The van der Waals surface area contributed by atoms with Crippen molar-refractivity contribution in [3.05, 3.63) is 114 Å². The predicted octanol–water partition coefficient (Wildman–Crippen LogP) is 5.57. The molecule has 208 valence electrons. The van der Waals surface area contributed by atoms with Gasteiger partial charge in [-0.1, -0.05) is 66.4 Å². The Kier molecular flexibility index (Phi) is 7.58. The molecule has 2 heterocycles. The molecule has 2 aliphatic heterocycles. The van der Waals surface area contributed by atoms with Crippen LogP contribution in [0.2, 0.25) is 0 Å². The van der Waals surface area contributed by atoms with E-state index in [4.69, 9.17) is 17.0 Å². The van der Waals surface area contributed by atoms with Gasteiger partial charge in [0.25, 0.3) is 11.8 Å². The second-order valence-electron chi connectivity index (χ2n) is 9.33. The molecule has 6 rings (SSSR count). The minimum atomic E-state index is -0.657. The molecule has 42 heavy (non-hydrogen) atoms. The minimum Gasteiger partial charge on any atom is -0.497 e. The van der Waals surface area contributed by atoms with E-state index in [9.17, 15) is 14.4 Å². The van der Waals surface area contributed by atoms with Crippen LogP contribution in [0.4, 0.5) is 17.1 Å². The monoisotopic (exact) mass is 592 g/mol. The molecule has 4 aromatic carbocycles. The number of rotatable bonds is 6. The molecule has 0 unspecified atom stereocenters. The minimum absolute atomic E-state index is 0.0779. The van der Waals surface area contributed by atoms with Crippen LogP contribution >= 0.6 is 24.0 Å². The molecule has 0 radical (unpaired) electrons. The maximum absolute atomic E-state index is 13.8. The number of hydrogen-bond acceptors (Lipinski definition) is 7. The smallest absolute Gasteiger partial charge is 0.280 e. The van der Waals surface area contributed by atoms with Crippen molar-refractivity contribution < 1.29 is 19.1 Å².